The van der Waals surface area contributed by atoms with Gasteiger partial charge in [0.15, 0.2) is 5.65 Å². The molecule has 0 radical (unpaired) electrons. The molecule has 0 bridgehead atoms. The van der Waals surface area contributed by atoms with E-state index in [2.05, 4.69) is 31.3 Å². The van der Waals surface area contributed by atoms with Crippen LogP contribution in [0.4, 0.5) is 0 Å². The van der Waals surface area contributed by atoms with Crippen molar-refractivity contribution in [3.05, 3.63) is 82.5 Å². The number of pyridine rings is 1. The second kappa shape index (κ2) is 9.22. The number of carbonyl (C=O) groups is 1. The Kier molecular flexibility index (Phi) is 6.21. The summed E-state index contributed by atoms with van der Waals surface area (Å²) in [5, 5.41) is 8.74. The van der Waals surface area contributed by atoms with Crippen LogP contribution in [0.5, 0.6) is 5.88 Å². The number of benzene rings is 2. The summed E-state index contributed by atoms with van der Waals surface area (Å²) >= 11 is 0. The zero-order valence-electron chi connectivity index (χ0n) is 19.0. The molecular weight excluding hydrogens is 400 g/mol. The van der Waals surface area contributed by atoms with Gasteiger partial charge in [0.1, 0.15) is 0 Å². The molecule has 2 heterocycles. The van der Waals surface area contributed by atoms with Crippen molar-refractivity contribution in [3.63, 3.8) is 0 Å². The summed E-state index contributed by atoms with van der Waals surface area (Å²) in [7, 11) is 1.62. The summed E-state index contributed by atoms with van der Waals surface area (Å²) in [6.45, 7) is 6.63. The molecule has 0 fully saturated rings. The number of carbonyl (C=O) groups excluding carboxylic acids is 1. The molecule has 0 spiro atoms. The number of aryl methyl sites for hydroxylation is 3. The third kappa shape index (κ3) is 4.35. The minimum Gasteiger partial charge on any atom is -0.481 e. The van der Waals surface area contributed by atoms with Crippen molar-refractivity contribution < 1.29 is 9.53 Å². The van der Waals surface area contributed by atoms with Crippen LogP contribution in [0.25, 0.3) is 16.7 Å². The summed E-state index contributed by atoms with van der Waals surface area (Å²) in [4.78, 5) is 17.3. The number of fused-ring (bicyclic) bond motifs is 1. The fourth-order valence-electron chi connectivity index (χ4n) is 3.99. The van der Waals surface area contributed by atoms with Gasteiger partial charge in [-0.25, -0.2) is 4.68 Å². The quantitative estimate of drug-likeness (QED) is 0.467. The van der Waals surface area contributed by atoms with E-state index in [9.17, 15) is 4.79 Å². The molecule has 0 saturated carbocycles. The number of nitrogens with one attached hydrogen (secondary N) is 1. The predicted molar refractivity (Wildman–Crippen MR) is 126 cm³/mol. The number of aromatic nitrogens is 3. The average Bonchev–Trinajstić information content (AvgIpc) is 3.14. The van der Waals surface area contributed by atoms with Gasteiger partial charge in [0.25, 0.3) is 0 Å². The molecule has 1 amide bonds. The average molecular weight is 429 g/mol. The van der Waals surface area contributed by atoms with E-state index in [1.54, 1.807) is 7.11 Å². The molecule has 2 aromatic heterocycles. The molecule has 6 heteroatoms. The molecule has 1 N–H and O–H groups in total. The highest BCUT2D eigenvalue weighted by Gasteiger charge is 2.20. The molecule has 4 rings (SSSR count). The summed E-state index contributed by atoms with van der Waals surface area (Å²) in [6.07, 6.45) is 0.913. The van der Waals surface area contributed by atoms with Crippen LogP contribution in [0.3, 0.4) is 0 Å². The van der Waals surface area contributed by atoms with E-state index >= 15 is 0 Å². The predicted octanol–water partition coefficient (Wildman–Crippen LogP) is 4.60. The van der Waals surface area contributed by atoms with Gasteiger partial charge in [-0.05, 0) is 50.5 Å². The summed E-state index contributed by atoms with van der Waals surface area (Å²) in [5.41, 5.74) is 6.89. The minimum absolute atomic E-state index is 0.00229. The largest absolute Gasteiger partial charge is 0.481 e. The normalized spacial score (nSPS) is 11.0. The van der Waals surface area contributed by atoms with Gasteiger partial charge < -0.3 is 10.1 Å². The summed E-state index contributed by atoms with van der Waals surface area (Å²) in [6, 6.07) is 18.1. The molecule has 2 aromatic carbocycles. The lowest BCUT2D eigenvalue weighted by atomic mass is 10.0. The van der Waals surface area contributed by atoms with Crippen LogP contribution in [0.15, 0.2) is 54.6 Å². The van der Waals surface area contributed by atoms with Crippen LogP contribution in [0, 0.1) is 20.8 Å². The number of amides is 1. The fraction of sp³-hybridized carbons (Fsp3) is 0.269. The van der Waals surface area contributed by atoms with E-state index in [1.807, 2.05) is 54.1 Å². The molecule has 0 saturated heterocycles. The molecule has 164 valence electrons. The maximum Gasteiger partial charge on any atom is 0.220 e. The number of methoxy groups -OCH3 is 1. The molecule has 6 nitrogen and oxygen atoms in total. The molecule has 0 atom stereocenters. The Hall–Kier alpha value is -3.67. The van der Waals surface area contributed by atoms with Crippen molar-refractivity contribution in [1.29, 1.82) is 0 Å². The van der Waals surface area contributed by atoms with E-state index in [-0.39, 0.29) is 5.91 Å². The lowest BCUT2D eigenvalue weighted by Gasteiger charge is -2.13. The maximum absolute atomic E-state index is 12.5. The van der Waals surface area contributed by atoms with E-state index < -0.39 is 0 Å². The lowest BCUT2D eigenvalue weighted by molar-refractivity contribution is -0.121. The Morgan fingerprint density at radius 2 is 1.75 bits per heavy atom. The summed E-state index contributed by atoms with van der Waals surface area (Å²) < 4.78 is 7.49. The molecule has 0 aliphatic heterocycles. The van der Waals surface area contributed by atoms with Crippen LogP contribution in [0.1, 0.15) is 34.4 Å². The summed E-state index contributed by atoms with van der Waals surface area (Å²) in [5.74, 6) is 0.543. The molecule has 32 heavy (non-hydrogen) atoms. The molecule has 4 aromatic rings. The van der Waals surface area contributed by atoms with Crippen LogP contribution < -0.4 is 10.1 Å². The van der Waals surface area contributed by atoms with Gasteiger partial charge in [-0.3, -0.25) is 4.79 Å². The van der Waals surface area contributed by atoms with Crippen molar-refractivity contribution in [3.8, 4) is 11.6 Å². The van der Waals surface area contributed by atoms with Crippen LogP contribution in [-0.4, -0.2) is 27.8 Å². The Morgan fingerprint density at radius 3 is 2.44 bits per heavy atom. The first-order valence-electron chi connectivity index (χ1n) is 10.8. The van der Waals surface area contributed by atoms with Crippen molar-refractivity contribution in [1.82, 2.24) is 20.1 Å². The Bertz CT molecular complexity index is 1240. The lowest BCUT2D eigenvalue weighted by Crippen LogP contribution is -2.23. The van der Waals surface area contributed by atoms with Gasteiger partial charge in [-0.2, -0.15) is 10.1 Å². The first-order valence-corrected chi connectivity index (χ1v) is 10.8. The number of rotatable bonds is 7. The van der Waals surface area contributed by atoms with Crippen molar-refractivity contribution in [2.75, 3.05) is 7.11 Å². The van der Waals surface area contributed by atoms with Crippen LogP contribution in [-0.2, 0) is 17.8 Å². The third-order valence-electron chi connectivity index (χ3n) is 5.74. The topological polar surface area (TPSA) is 69.0 Å². The molecule has 0 aliphatic rings. The second-order valence-electron chi connectivity index (χ2n) is 8.02. The maximum atomic E-state index is 12.5. The molecular formula is C26H28N4O2. The third-order valence-corrected chi connectivity index (χ3v) is 5.74. The smallest absolute Gasteiger partial charge is 0.220 e. The fourth-order valence-corrected chi connectivity index (χ4v) is 3.99. The minimum atomic E-state index is 0.00229. The van der Waals surface area contributed by atoms with E-state index in [0.717, 1.165) is 39.1 Å². The monoisotopic (exact) mass is 428 g/mol. The van der Waals surface area contributed by atoms with Gasteiger partial charge in [-0.1, -0.05) is 48.0 Å². The van der Waals surface area contributed by atoms with Gasteiger partial charge in [0, 0.05) is 23.9 Å². The zero-order chi connectivity index (χ0) is 22.7. The first-order chi connectivity index (χ1) is 15.5. The van der Waals surface area contributed by atoms with Gasteiger partial charge in [-0.15, -0.1) is 0 Å². The molecule has 0 unspecified atom stereocenters. The van der Waals surface area contributed by atoms with Gasteiger partial charge in [0.05, 0.1) is 18.5 Å². The van der Waals surface area contributed by atoms with E-state index in [1.165, 1.54) is 5.56 Å². The number of hydrogen-bond acceptors (Lipinski definition) is 4. The van der Waals surface area contributed by atoms with Gasteiger partial charge in [0.2, 0.25) is 11.8 Å². The van der Waals surface area contributed by atoms with Crippen molar-refractivity contribution in [2.45, 2.75) is 40.2 Å². The van der Waals surface area contributed by atoms with E-state index in [4.69, 9.17) is 14.8 Å². The number of ether oxygens (including phenoxy) is 1. The Morgan fingerprint density at radius 1 is 1.03 bits per heavy atom. The van der Waals surface area contributed by atoms with Crippen LogP contribution >= 0.6 is 0 Å². The van der Waals surface area contributed by atoms with Gasteiger partial charge >= 0.3 is 0 Å². The SMILES string of the molecule is COc1nc2c(c(C)nn2-c2ccc(C)cc2)c(C)c1CCC(=O)NCc1ccccc1. The van der Waals surface area contributed by atoms with Crippen molar-refractivity contribution in [2.24, 2.45) is 0 Å². The number of nitrogens with zero attached hydrogens (tertiary/aromatic N) is 3. The Labute approximate surface area is 188 Å². The zero-order valence-corrected chi connectivity index (χ0v) is 19.0. The standard InChI is InChI=1S/C26H28N4O2/c1-17-10-12-21(13-11-17)30-25-24(19(3)29-30)18(2)22(26(28-25)32-4)14-15-23(31)27-16-20-8-6-5-7-9-20/h5-13H,14-16H2,1-4H3,(H,27,31). The second-order valence-corrected chi connectivity index (χ2v) is 8.02. The molecule has 0 aliphatic carbocycles. The Balaban J connectivity index is 1.59. The highest BCUT2D eigenvalue weighted by molar-refractivity contribution is 5.86. The highest BCUT2D eigenvalue weighted by Crippen LogP contribution is 2.31. The van der Waals surface area contributed by atoms with Crippen LogP contribution in [0.2, 0.25) is 0 Å². The van der Waals surface area contributed by atoms with Crippen molar-refractivity contribution >= 4 is 16.9 Å². The first kappa shape index (κ1) is 21.6. The number of hydrogen-bond donors (Lipinski definition) is 1. The van der Waals surface area contributed by atoms with E-state index in [0.29, 0.717) is 25.3 Å². The highest BCUT2D eigenvalue weighted by atomic mass is 16.5.